The summed E-state index contributed by atoms with van der Waals surface area (Å²) in [5.41, 5.74) is 0. The second kappa shape index (κ2) is 7.09. The number of rotatable bonds is 6. The van der Waals surface area contributed by atoms with E-state index in [1.807, 2.05) is 13.8 Å². The monoisotopic (exact) mass is 230 g/mol. The molecule has 2 amide bonds. The number of nitrogens with one attached hydrogen (secondary N) is 2. The number of amides is 2. The third kappa shape index (κ3) is 5.58. The average Bonchev–Trinajstić information content (AvgIpc) is 2.16. The van der Waals surface area contributed by atoms with Crippen LogP contribution in [0.4, 0.5) is 4.79 Å². The van der Waals surface area contributed by atoms with E-state index in [0.717, 1.165) is 12.8 Å². The minimum Gasteiger partial charge on any atom is -0.481 e. The Hall–Kier alpha value is -1.26. The third-order valence-electron chi connectivity index (χ3n) is 2.60. The summed E-state index contributed by atoms with van der Waals surface area (Å²) in [6, 6.07) is -0.579. The van der Waals surface area contributed by atoms with Crippen LogP contribution in [-0.2, 0) is 4.79 Å². The van der Waals surface area contributed by atoms with Crippen LogP contribution in [0.2, 0.25) is 0 Å². The lowest BCUT2D eigenvalue weighted by molar-refractivity contribution is -0.141. The number of carbonyl (C=O) groups is 2. The molecular formula is C11H22N2O3. The average molecular weight is 230 g/mol. The SMILES string of the molecule is CCCC(C)NC(=O)NC(C)C(C)C(=O)O. The fraction of sp³-hybridized carbons (Fsp3) is 0.818. The lowest BCUT2D eigenvalue weighted by Crippen LogP contribution is -2.47. The van der Waals surface area contributed by atoms with Gasteiger partial charge in [-0.3, -0.25) is 4.79 Å². The second-order valence-corrected chi connectivity index (χ2v) is 4.22. The molecule has 0 aliphatic heterocycles. The maximum Gasteiger partial charge on any atom is 0.315 e. The summed E-state index contributed by atoms with van der Waals surface area (Å²) >= 11 is 0. The van der Waals surface area contributed by atoms with Crippen LogP contribution >= 0.6 is 0 Å². The molecule has 0 heterocycles. The highest BCUT2D eigenvalue weighted by atomic mass is 16.4. The van der Waals surface area contributed by atoms with Gasteiger partial charge in [0.25, 0.3) is 0 Å². The molecule has 0 saturated carbocycles. The molecule has 0 spiro atoms. The zero-order chi connectivity index (χ0) is 12.7. The van der Waals surface area contributed by atoms with Crippen molar-refractivity contribution in [3.05, 3.63) is 0 Å². The first-order valence-electron chi connectivity index (χ1n) is 5.68. The summed E-state index contributed by atoms with van der Waals surface area (Å²) in [5.74, 6) is -1.50. The van der Waals surface area contributed by atoms with Crippen molar-refractivity contribution in [1.82, 2.24) is 10.6 Å². The van der Waals surface area contributed by atoms with Gasteiger partial charge in [-0.2, -0.15) is 0 Å². The molecule has 0 aromatic carbocycles. The summed E-state index contributed by atoms with van der Waals surface area (Å²) in [4.78, 5) is 22.1. The van der Waals surface area contributed by atoms with Crippen LogP contribution < -0.4 is 10.6 Å². The Kier molecular flexibility index (Phi) is 6.53. The molecule has 0 radical (unpaired) electrons. The summed E-state index contributed by atoms with van der Waals surface area (Å²) in [7, 11) is 0. The molecule has 0 rings (SSSR count). The molecule has 94 valence electrons. The summed E-state index contributed by atoms with van der Waals surface area (Å²) in [6.45, 7) is 7.23. The van der Waals surface area contributed by atoms with E-state index in [9.17, 15) is 9.59 Å². The van der Waals surface area contributed by atoms with Crippen LogP contribution in [0.1, 0.15) is 40.5 Å². The highest BCUT2D eigenvalue weighted by Crippen LogP contribution is 2.02. The number of aliphatic carboxylic acids is 1. The van der Waals surface area contributed by atoms with Gasteiger partial charge in [0.05, 0.1) is 5.92 Å². The van der Waals surface area contributed by atoms with E-state index in [1.54, 1.807) is 13.8 Å². The Bertz CT molecular complexity index is 243. The van der Waals surface area contributed by atoms with Crippen LogP contribution in [0.3, 0.4) is 0 Å². The van der Waals surface area contributed by atoms with Gasteiger partial charge in [0.1, 0.15) is 0 Å². The molecule has 0 aromatic rings. The zero-order valence-electron chi connectivity index (χ0n) is 10.4. The van der Waals surface area contributed by atoms with Gasteiger partial charge in [-0.25, -0.2) is 4.79 Å². The quantitative estimate of drug-likeness (QED) is 0.648. The van der Waals surface area contributed by atoms with Crippen molar-refractivity contribution < 1.29 is 14.7 Å². The Morgan fingerprint density at radius 2 is 1.75 bits per heavy atom. The van der Waals surface area contributed by atoms with Gasteiger partial charge in [0.15, 0.2) is 0 Å². The van der Waals surface area contributed by atoms with Crippen molar-refractivity contribution in [1.29, 1.82) is 0 Å². The molecule has 3 N–H and O–H groups in total. The van der Waals surface area contributed by atoms with Crippen molar-refractivity contribution >= 4 is 12.0 Å². The van der Waals surface area contributed by atoms with Gasteiger partial charge >= 0.3 is 12.0 Å². The number of urea groups is 1. The van der Waals surface area contributed by atoms with Gasteiger partial charge in [-0.15, -0.1) is 0 Å². The predicted octanol–water partition coefficient (Wildman–Crippen LogP) is 1.58. The molecule has 3 unspecified atom stereocenters. The zero-order valence-corrected chi connectivity index (χ0v) is 10.4. The molecule has 16 heavy (non-hydrogen) atoms. The smallest absolute Gasteiger partial charge is 0.315 e. The van der Waals surface area contributed by atoms with E-state index in [2.05, 4.69) is 10.6 Å². The fourth-order valence-electron chi connectivity index (χ4n) is 1.32. The molecule has 0 saturated heterocycles. The summed E-state index contributed by atoms with van der Waals surface area (Å²) < 4.78 is 0. The van der Waals surface area contributed by atoms with Gasteiger partial charge in [-0.1, -0.05) is 13.3 Å². The third-order valence-corrected chi connectivity index (χ3v) is 2.60. The van der Waals surface area contributed by atoms with E-state index >= 15 is 0 Å². The van der Waals surface area contributed by atoms with E-state index < -0.39 is 11.9 Å². The number of carbonyl (C=O) groups excluding carboxylic acids is 1. The van der Waals surface area contributed by atoms with Crippen molar-refractivity contribution in [2.75, 3.05) is 0 Å². The van der Waals surface area contributed by atoms with Crippen LogP contribution in [0.25, 0.3) is 0 Å². The first-order valence-corrected chi connectivity index (χ1v) is 5.68. The van der Waals surface area contributed by atoms with E-state index in [0.29, 0.717) is 0 Å². The molecule has 5 heteroatoms. The molecule has 0 aliphatic carbocycles. The predicted molar refractivity (Wildman–Crippen MR) is 62.3 cm³/mol. The molecule has 0 aliphatic rings. The normalized spacial score (nSPS) is 16.0. The largest absolute Gasteiger partial charge is 0.481 e. The molecular weight excluding hydrogens is 208 g/mol. The lowest BCUT2D eigenvalue weighted by atomic mass is 10.0. The van der Waals surface area contributed by atoms with Crippen molar-refractivity contribution in [3.63, 3.8) is 0 Å². The van der Waals surface area contributed by atoms with Crippen molar-refractivity contribution in [2.45, 2.75) is 52.6 Å². The van der Waals surface area contributed by atoms with Crippen LogP contribution in [0, 0.1) is 5.92 Å². The van der Waals surface area contributed by atoms with E-state index in [4.69, 9.17) is 5.11 Å². The highest BCUT2D eigenvalue weighted by molar-refractivity contribution is 5.76. The Balaban J connectivity index is 4.00. The minimum atomic E-state index is -0.908. The fourth-order valence-corrected chi connectivity index (χ4v) is 1.32. The number of hydrogen-bond acceptors (Lipinski definition) is 2. The number of carboxylic acid groups (broad SMARTS) is 1. The number of carboxylic acids is 1. The minimum absolute atomic E-state index is 0.109. The maximum atomic E-state index is 11.5. The van der Waals surface area contributed by atoms with Crippen LogP contribution in [-0.4, -0.2) is 29.2 Å². The Morgan fingerprint density at radius 3 is 2.19 bits per heavy atom. The second-order valence-electron chi connectivity index (χ2n) is 4.22. The maximum absolute atomic E-state index is 11.5. The topological polar surface area (TPSA) is 78.4 Å². The first kappa shape index (κ1) is 14.7. The number of hydrogen-bond donors (Lipinski definition) is 3. The molecule has 0 aromatic heterocycles. The first-order chi connectivity index (χ1) is 7.38. The Morgan fingerprint density at radius 1 is 1.19 bits per heavy atom. The van der Waals surface area contributed by atoms with Crippen LogP contribution in [0.5, 0.6) is 0 Å². The van der Waals surface area contributed by atoms with Gasteiger partial charge in [-0.05, 0) is 27.2 Å². The van der Waals surface area contributed by atoms with Gasteiger partial charge in [0.2, 0.25) is 0 Å². The molecule has 0 bridgehead atoms. The molecule has 3 atom stereocenters. The van der Waals surface area contributed by atoms with Crippen molar-refractivity contribution in [2.24, 2.45) is 5.92 Å². The van der Waals surface area contributed by atoms with Gasteiger partial charge in [0, 0.05) is 12.1 Å². The van der Waals surface area contributed by atoms with E-state index in [1.165, 1.54) is 0 Å². The van der Waals surface area contributed by atoms with Crippen LogP contribution in [0.15, 0.2) is 0 Å². The lowest BCUT2D eigenvalue weighted by Gasteiger charge is -2.20. The Labute approximate surface area is 96.6 Å². The molecule has 0 fully saturated rings. The highest BCUT2D eigenvalue weighted by Gasteiger charge is 2.21. The van der Waals surface area contributed by atoms with E-state index in [-0.39, 0.29) is 18.1 Å². The standard InChI is InChI=1S/C11H22N2O3/c1-5-6-7(2)12-11(16)13-9(4)8(3)10(14)15/h7-9H,5-6H2,1-4H3,(H,14,15)(H2,12,13,16). The molecule has 5 nitrogen and oxygen atoms in total. The summed E-state index contributed by atoms with van der Waals surface area (Å²) in [5, 5.41) is 14.1. The van der Waals surface area contributed by atoms with Crippen molar-refractivity contribution in [3.8, 4) is 0 Å². The van der Waals surface area contributed by atoms with Gasteiger partial charge < -0.3 is 15.7 Å². The summed E-state index contributed by atoms with van der Waals surface area (Å²) in [6.07, 6.45) is 1.92.